The smallest absolute Gasteiger partial charge is 0.222 e. The molecule has 0 aliphatic rings. The van der Waals surface area contributed by atoms with Crippen LogP contribution in [0.4, 0.5) is 0 Å². The van der Waals surface area contributed by atoms with Crippen LogP contribution >= 0.6 is 0 Å². The molecule has 0 aromatic carbocycles. The first kappa shape index (κ1) is 17.1. The van der Waals surface area contributed by atoms with Gasteiger partial charge in [-0.1, -0.05) is 0 Å². The third-order valence-electron chi connectivity index (χ3n) is 0. The summed E-state index contributed by atoms with van der Waals surface area (Å²) < 4.78 is 0. The fourth-order valence-corrected chi connectivity index (χ4v) is 0. The Morgan fingerprint density at radius 2 is 1.00 bits per heavy atom. The molecule has 7 heavy (non-hydrogen) atoms. The van der Waals surface area contributed by atoms with Gasteiger partial charge in [0.2, 0.25) is 12.2 Å². The van der Waals surface area contributed by atoms with Crippen molar-refractivity contribution in [2.75, 3.05) is 0 Å². The van der Waals surface area contributed by atoms with Crippen LogP contribution in [0.2, 0.25) is 0 Å². The molecule has 0 atom stereocenters. The summed E-state index contributed by atoms with van der Waals surface area (Å²) in [6.07, 6.45) is 1.50. The van der Waals surface area contributed by atoms with E-state index < -0.39 is 0 Å². The monoisotopic (exact) mass is 99.0 g/mol. The number of hydrogen-bond donors (Lipinski definition) is 2. The fourth-order valence-electron chi connectivity index (χ4n) is 0. The fraction of sp³-hybridized carbons (Fsp3) is 0. The molecule has 0 rings (SSSR count). The minimum absolute atomic E-state index is 0. The second-order valence-corrected chi connectivity index (χ2v) is 0.204. The quantitative estimate of drug-likeness (QED) is 0.331. The van der Waals surface area contributed by atoms with E-state index >= 15 is 0 Å². The maximum Gasteiger partial charge on any atom is 0.231 e. The summed E-state index contributed by atoms with van der Waals surface area (Å²) in [7, 11) is 0. The Bertz CT molecular complexity index is 64.9. The van der Waals surface area contributed by atoms with Gasteiger partial charge >= 0.3 is 0 Å². The van der Waals surface area contributed by atoms with Gasteiger partial charge in [0.05, 0.1) is 0 Å². The first-order valence-corrected chi connectivity index (χ1v) is 0.908. The van der Waals surface area contributed by atoms with Crippen LogP contribution in [0.5, 0.6) is 0 Å². The van der Waals surface area contributed by atoms with Crippen molar-refractivity contribution in [3.63, 3.8) is 0 Å². The summed E-state index contributed by atoms with van der Waals surface area (Å²) in [5.74, 6) is 0. The van der Waals surface area contributed by atoms with Crippen molar-refractivity contribution >= 4 is 12.2 Å². The van der Waals surface area contributed by atoms with Crippen molar-refractivity contribution in [1.82, 2.24) is 0 Å². The van der Waals surface area contributed by atoms with Gasteiger partial charge < -0.3 is 0 Å². The third-order valence-corrected chi connectivity index (χ3v) is 0. The number of isocyanates is 2. The maximum absolute atomic E-state index is 8.35. The Hall–Kier alpha value is -1.24. The Labute approximate surface area is 41.2 Å². The third kappa shape index (κ3) is 23.6. The van der Waals surface area contributed by atoms with Crippen LogP contribution in [0.1, 0.15) is 0 Å². The zero-order valence-electron chi connectivity index (χ0n) is 3.39. The molecule has 3 radical (unpaired) electrons. The predicted octanol–water partition coefficient (Wildman–Crippen LogP) is 0.00623. The number of hydrogen-bond acceptors (Lipinski definition) is 4. The van der Waals surface area contributed by atoms with E-state index in [4.69, 9.17) is 20.4 Å². The lowest BCUT2D eigenvalue weighted by Gasteiger charge is -1.02. The van der Waals surface area contributed by atoms with Gasteiger partial charge in [-0.25, -0.2) is 20.4 Å². The Morgan fingerprint density at radius 1 is 1.00 bits per heavy atom. The molecular formula is C3H3N2O2. The minimum atomic E-state index is 0. The first-order valence-electron chi connectivity index (χ1n) is 0.908. The normalized spacial score (nSPS) is 2.29. The molecule has 0 saturated carbocycles. The lowest BCUT2D eigenvalue weighted by atomic mass is 11.7. The zero-order valence-corrected chi connectivity index (χ0v) is 3.39. The van der Waals surface area contributed by atoms with Crippen LogP contribution in [0.3, 0.4) is 0 Å². The number of nitrogens with one attached hydrogen (secondary N) is 2. The van der Waals surface area contributed by atoms with E-state index in [1.807, 2.05) is 0 Å². The van der Waals surface area contributed by atoms with Gasteiger partial charge in [0, 0.05) is 0 Å². The molecule has 0 bridgehead atoms. The summed E-state index contributed by atoms with van der Waals surface area (Å²) in [6, 6.07) is 0. The lowest BCUT2D eigenvalue weighted by molar-refractivity contribution is 0.562. The minimum Gasteiger partial charge on any atom is -0.222 e. The first-order chi connectivity index (χ1) is 2.83. The Balaban J connectivity index is -0.0000000400. The molecule has 0 heterocycles. The zero-order chi connectivity index (χ0) is 5.41. The second-order valence-electron chi connectivity index (χ2n) is 0.204. The van der Waals surface area contributed by atoms with Crippen LogP contribution in [0.25, 0.3) is 0 Å². The summed E-state index contributed by atoms with van der Waals surface area (Å²) in [5, 5.41) is 10.8. The summed E-state index contributed by atoms with van der Waals surface area (Å²) >= 11 is 0. The van der Waals surface area contributed by atoms with Crippen LogP contribution in [-0.4, -0.2) is 12.2 Å². The molecule has 0 unspecified atom stereocenters. The summed E-state index contributed by atoms with van der Waals surface area (Å²) in [4.78, 5) is 16.7. The lowest BCUT2D eigenvalue weighted by Crippen LogP contribution is -1.16. The molecule has 0 aliphatic carbocycles. The van der Waals surface area contributed by atoms with E-state index in [1.165, 1.54) is 0 Å². The molecule has 0 aliphatic heterocycles. The van der Waals surface area contributed by atoms with E-state index in [0.29, 0.717) is 0 Å². The molecular weight excluding hydrogens is 96.0 g/mol. The van der Waals surface area contributed by atoms with Crippen molar-refractivity contribution in [1.29, 1.82) is 10.8 Å². The topological polar surface area (TPSA) is 81.8 Å². The maximum atomic E-state index is 8.35. The number of rotatable bonds is 0. The highest BCUT2D eigenvalue weighted by atomic mass is 16.1. The molecule has 37 valence electrons. The van der Waals surface area contributed by atoms with Gasteiger partial charge in [-0.05, 0) is 7.43 Å². The van der Waals surface area contributed by atoms with Gasteiger partial charge in [-0.15, -0.1) is 0 Å². The van der Waals surface area contributed by atoms with E-state index in [0.717, 1.165) is 12.2 Å². The SMILES string of the molecule is N=C=O.N=C=O.[CH]. The van der Waals surface area contributed by atoms with Gasteiger partial charge in [0.25, 0.3) is 0 Å². The molecule has 4 nitrogen and oxygen atoms in total. The van der Waals surface area contributed by atoms with Crippen molar-refractivity contribution in [2.24, 2.45) is 0 Å². The highest BCUT2D eigenvalue weighted by Gasteiger charge is 1.04. The standard InChI is InChI=1S/2CHNO.CH/c2*2-1-3;/h2*2H;1H. The van der Waals surface area contributed by atoms with Crippen LogP contribution in [0, 0.1) is 18.2 Å². The molecule has 0 aromatic rings. The van der Waals surface area contributed by atoms with Gasteiger partial charge in [-0.3, -0.25) is 0 Å². The van der Waals surface area contributed by atoms with Crippen molar-refractivity contribution < 1.29 is 9.59 Å². The summed E-state index contributed by atoms with van der Waals surface area (Å²) in [6.45, 7) is 0. The summed E-state index contributed by atoms with van der Waals surface area (Å²) in [5.41, 5.74) is 0. The van der Waals surface area contributed by atoms with Crippen LogP contribution in [-0.2, 0) is 9.59 Å². The van der Waals surface area contributed by atoms with E-state index in [-0.39, 0.29) is 7.43 Å². The second kappa shape index (κ2) is 117. The number of carbonyl (C=O) groups excluding carboxylic acids is 2. The largest absolute Gasteiger partial charge is 0.231 e. The molecule has 0 amide bonds. The molecule has 0 saturated heterocycles. The highest BCUT2D eigenvalue weighted by Crippen LogP contribution is 0.871. The predicted molar refractivity (Wildman–Crippen MR) is 21.1 cm³/mol. The Kier molecular flexibility index (Phi) is 285. The van der Waals surface area contributed by atoms with Gasteiger partial charge in [-0.2, -0.15) is 0 Å². The van der Waals surface area contributed by atoms with Crippen molar-refractivity contribution in [2.45, 2.75) is 0 Å². The van der Waals surface area contributed by atoms with Gasteiger partial charge in [0.1, 0.15) is 0 Å². The van der Waals surface area contributed by atoms with Crippen molar-refractivity contribution in [3.05, 3.63) is 7.43 Å². The highest BCUT2D eigenvalue weighted by molar-refractivity contribution is 5.26. The van der Waals surface area contributed by atoms with E-state index in [1.54, 1.807) is 0 Å². The average molecular weight is 99.1 g/mol. The Morgan fingerprint density at radius 3 is 1.00 bits per heavy atom. The molecule has 2 N–H and O–H groups in total. The molecule has 0 aromatic heterocycles. The van der Waals surface area contributed by atoms with Crippen LogP contribution in [0.15, 0.2) is 0 Å². The van der Waals surface area contributed by atoms with Gasteiger partial charge in [0.15, 0.2) is 0 Å². The van der Waals surface area contributed by atoms with Crippen LogP contribution < -0.4 is 0 Å². The molecule has 4 heteroatoms. The van der Waals surface area contributed by atoms with E-state index in [2.05, 4.69) is 0 Å². The van der Waals surface area contributed by atoms with Crippen molar-refractivity contribution in [3.8, 4) is 0 Å². The molecule has 0 fully saturated rings. The average Bonchev–Trinajstić information content (AvgIpc) is 1.39. The molecule has 0 spiro atoms. The van der Waals surface area contributed by atoms with E-state index in [9.17, 15) is 0 Å².